The molecule has 0 radical (unpaired) electrons. The molecule has 1 fully saturated rings. The van der Waals surface area contributed by atoms with Crippen LogP contribution in [0.4, 0.5) is 4.39 Å². The number of aromatic nitrogens is 1. The minimum absolute atomic E-state index is 0.0120. The lowest BCUT2D eigenvalue weighted by atomic mass is 9.75. The molecular weight excluding hydrogens is 331 g/mol. The predicted molar refractivity (Wildman–Crippen MR) is 89.3 cm³/mol. The van der Waals surface area contributed by atoms with E-state index in [0.29, 0.717) is 19.3 Å². The topological polar surface area (TPSA) is 62.2 Å². The molecule has 1 aliphatic carbocycles. The lowest BCUT2D eigenvalue weighted by Gasteiger charge is -2.38. The number of nitrogens with zero attached hydrogens (tertiary/aromatic N) is 1. The molecule has 1 atom stereocenters. The van der Waals surface area contributed by atoms with E-state index in [-0.39, 0.29) is 34.6 Å². The Kier molecular flexibility index (Phi) is 5.11. The first kappa shape index (κ1) is 16.9. The molecule has 1 aliphatic rings. The molecule has 1 aromatic carbocycles. The summed E-state index contributed by atoms with van der Waals surface area (Å²) in [5.41, 5.74) is 1.29. The van der Waals surface area contributed by atoms with Crippen molar-refractivity contribution in [1.82, 2.24) is 10.3 Å². The molecule has 2 N–H and O–H groups in total. The smallest absolute Gasteiger partial charge is 0.251 e. The highest BCUT2D eigenvalue weighted by Crippen LogP contribution is 2.32. The summed E-state index contributed by atoms with van der Waals surface area (Å²) in [5, 5.41) is 12.5. The van der Waals surface area contributed by atoms with Gasteiger partial charge >= 0.3 is 0 Å². The lowest BCUT2D eigenvalue weighted by Crippen LogP contribution is -2.48. The molecule has 0 saturated heterocycles. The normalized spacial score (nSPS) is 21.0. The van der Waals surface area contributed by atoms with Crippen molar-refractivity contribution >= 4 is 17.5 Å². The van der Waals surface area contributed by atoms with Crippen LogP contribution in [0, 0.1) is 11.7 Å². The van der Waals surface area contributed by atoms with Gasteiger partial charge in [-0.05, 0) is 61.1 Å². The average Bonchev–Trinajstić information content (AvgIpc) is 2.55. The standard InChI is InChI=1S/C18H18ClFN2O2/c19-15-2-1-12(10-16(15)20)18(24)22-17(13-8-14(23)9-13)7-11-3-5-21-6-4-11/h1-6,10,13-14,17,23H,7-9H2,(H,22,24). The van der Waals surface area contributed by atoms with Crippen LogP contribution in [-0.2, 0) is 6.42 Å². The maximum atomic E-state index is 13.6. The third-order valence-electron chi connectivity index (χ3n) is 4.42. The number of nitrogens with one attached hydrogen (secondary N) is 1. The zero-order valence-corrected chi connectivity index (χ0v) is 13.7. The van der Waals surface area contributed by atoms with Crippen LogP contribution in [0.15, 0.2) is 42.7 Å². The summed E-state index contributed by atoms with van der Waals surface area (Å²) in [5.74, 6) is -0.755. The molecule has 1 heterocycles. The van der Waals surface area contributed by atoms with Gasteiger partial charge in [-0.2, -0.15) is 0 Å². The van der Waals surface area contributed by atoms with Gasteiger partial charge in [0.2, 0.25) is 0 Å². The molecule has 126 valence electrons. The Morgan fingerprint density at radius 2 is 2.04 bits per heavy atom. The van der Waals surface area contributed by atoms with Crippen molar-refractivity contribution in [3.8, 4) is 0 Å². The Morgan fingerprint density at radius 1 is 1.33 bits per heavy atom. The predicted octanol–water partition coefficient (Wildman–Crippen LogP) is 2.99. The summed E-state index contributed by atoms with van der Waals surface area (Å²) in [6.45, 7) is 0. The van der Waals surface area contributed by atoms with Crippen LogP contribution in [0.5, 0.6) is 0 Å². The number of rotatable bonds is 5. The highest BCUT2D eigenvalue weighted by molar-refractivity contribution is 6.30. The Balaban J connectivity index is 1.73. The first-order valence-electron chi connectivity index (χ1n) is 7.86. The fourth-order valence-electron chi connectivity index (χ4n) is 2.96. The van der Waals surface area contributed by atoms with E-state index in [1.54, 1.807) is 12.4 Å². The van der Waals surface area contributed by atoms with Gasteiger partial charge in [-0.25, -0.2) is 4.39 Å². The Hall–Kier alpha value is -1.98. The van der Waals surface area contributed by atoms with Crippen LogP contribution < -0.4 is 5.32 Å². The number of halogens is 2. The zero-order chi connectivity index (χ0) is 17.1. The summed E-state index contributed by atoms with van der Waals surface area (Å²) in [4.78, 5) is 16.4. The maximum Gasteiger partial charge on any atom is 0.251 e. The highest BCUT2D eigenvalue weighted by atomic mass is 35.5. The monoisotopic (exact) mass is 348 g/mol. The van der Waals surface area contributed by atoms with Gasteiger partial charge in [-0.1, -0.05) is 11.6 Å². The molecule has 1 unspecified atom stereocenters. The Labute approximate surface area is 144 Å². The number of benzene rings is 1. The first-order chi connectivity index (χ1) is 11.5. The number of hydrogen-bond donors (Lipinski definition) is 2. The third kappa shape index (κ3) is 3.91. The van der Waals surface area contributed by atoms with Gasteiger partial charge < -0.3 is 10.4 Å². The van der Waals surface area contributed by atoms with E-state index in [4.69, 9.17) is 11.6 Å². The van der Waals surface area contributed by atoms with Crippen molar-refractivity contribution in [3.05, 3.63) is 64.7 Å². The number of carbonyl (C=O) groups excluding carboxylic acids is 1. The maximum absolute atomic E-state index is 13.6. The van der Waals surface area contributed by atoms with Crippen molar-refractivity contribution in [1.29, 1.82) is 0 Å². The molecular formula is C18H18ClFN2O2. The molecule has 0 spiro atoms. The largest absolute Gasteiger partial charge is 0.393 e. The molecule has 3 rings (SSSR count). The van der Waals surface area contributed by atoms with Crippen LogP contribution in [0.25, 0.3) is 0 Å². The zero-order valence-electron chi connectivity index (χ0n) is 13.0. The van der Waals surface area contributed by atoms with E-state index in [0.717, 1.165) is 11.6 Å². The number of hydrogen-bond acceptors (Lipinski definition) is 3. The van der Waals surface area contributed by atoms with Gasteiger partial charge in [0.15, 0.2) is 0 Å². The van der Waals surface area contributed by atoms with Crippen molar-refractivity contribution in [3.63, 3.8) is 0 Å². The van der Waals surface area contributed by atoms with Crippen LogP contribution >= 0.6 is 11.6 Å². The van der Waals surface area contributed by atoms with Gasteiger partial charge in [0.1, 0.15) is 5.82 Å². The summed E-state index contributed by atoms with van der Waals surface area (Å²) < 4.78 is 13.6. The number of carbonyl (C=O) groups is 1. The number of aliphatic hydroxyl groups excluding tert-OH is 1. The fourth-order valence-corrected chi connectivity index (χ4v) is 3.07. The molecule has 24 heavy (non-hydrogen) atoms. The van der Waals surface area contributed by atoms with Gasteiger partial charge in [-0.15, -0.1) is 0 Å². The second-order valence-corrected chi connectivity index (χ2v) is 6.56. The highest BCUT2D eigenvalue weighted by Gasteiger charge is 2.35. The van der Waals surface area contributed by atoms with E-state index in [1.165, 1.54) is 12.1 Å². The average molecular weight is 349 g/mol. The lowest BCUT2D eigenvalue weighted by molar-refractivity contribution is 0.0239. The number of aliphatic hydroxyl groups is 1. The first-order valence-corrected chi connectivity index (χ1v) is 8.23. The molecule has 4 nitrogen and oxygen atoms in total. The van der Waals surface area contributed by atoms with Gasteiger partial charge in [0, 0.05) is 24.0 Å². The second kappa shape index (κ2) is 7.28. The number of amides is 1. The van der Waals surface area contributed by atoms with Crippen LogP contribution in [0.2, 0.25) is 5.02 Å². The Bertz CT molecular complexity index is 720. The van der Waals surface area contributed by atoms with Crippen molar-refractivity contribution < 1.29 is 14.3 Å². The van der Waals surface area contributed by atoms with E-state index in [9.17, 15) is 14.3 Å². The van der Waals surface area contributed by atoms with Crippen LogP contribution in [0.1, 0.15) is 28.8 Å². The van der Waals surface area contributed by atoms with Crippen LogP contribution in [-0.4, -0.2) is 28.1 Å². The van der Waals surface area contributed by atoms with E-state index in [2.05, 4.69) is 10.3 Å². The van der Waals surface area contributed by atoms with Gasteiger partial charge in [0.05, 0.1) is 11.1 Å². The fraction of sp³-hybridized carbons (Fsp3) is 0.333. The van der Waals surface area contributed by atoms with Crippen molar-refractivity contribution in [2.75, 3.05) is 0 Å². The van der Waals surface area contributed by atoms with Gasteiger partial charge in [-0.3, -0.25) is 9.78 Å². The minimum Gasteiger partial charge on any atom is -0.393 e. The van der Waals surface area contributed by atoms with Crippen molar-refractivity contribution in [2.24, 2.45) is 5.92 Å². The summed E-state index contributed by atoms with van der Waals surface area (Å²) >= 11 is 5.66. The summed E-state index contributed by atoms with van der Waals surface area (Å²) in [6, 6.07) is 7.68. The summed E-state index contributed by atoms with van der Waals surface area (Å²) in [6.07, 6.45) is 5.06. The molecule has 0 bridgehead atoms. The second-order valence-electron chi connectivity index (χ2n) is 6.15. The van der Waals surface area contributed by atoms with Crippen molar-refractivity contribution in [2.45, 2.75) is 31.4 Å². The molecule has 2 aromatic rings. The molecule has 1 saturated carbocycles. The minimum atomic E-state index is -0.617. The van der Waals surface area contributed by atoms with Crippen LogP contribution in [0.3, 0.4) is 0 Å². The molecule has 1 aromatic heterocycles. The SMILES string of the molecule is O=C(NC(Cc1ccncc1)C1CC(O)C1)c1ccc(Cl)c(F)c1. The van der Waals surface area contributed by atoms with Gasteiger partial charge in [0.25, 0.3) is 5.91 Å². The molecule has 0 aliphatic heterocycles. The van der Waals surface area contributed by atoms with E-state index >= 15 is 0 Å². The number of pyridine rings is 1. The van der Waals surface area contributed by atoms with E-state index < -0.39 is 5.82 Å². The third-order valence-corrected chi connectivity index (χ3v) is 4.73. The molecule has 6 heteroatoms. The molecule has 1 amide bonds. The summed E-state index contributed by atoms with van der Waals surface area (Å²) in [7, 11) is 0. The Morgan fingerprint density at radius 3 is 2.67 bits per heavy atom. The van der Waals surface area contributed by atoms with E-state index in [1.807, 2.05) is 12.1 Å². The quantitative estimate of drug-likeness (QED) is 0.873.